The van der Waals surface area contributed by atoms with Crippen molar-refractivity contribution in [1.82, 2.24) is 30.2 Å². The number of aryl methyl sites for hydroxylation is 1. The zero-order valence-corrected chi connectivity index (χ0v) is 23.4. The molecule has 1 saturated heterocycles. The Morgan fingerprint density at radius 2 is 1.97 bits per heavy atom. The maximum absolute atomic E-state index is 12.8. The number of likely N-dealkylation sites (N-methyl/N-ethyl adjacent to an activating group) is 1. The number of anilines is 3. The molecule has 0 spiro atoms. The molecule has 1 aliphatic rings. The number of carbonyl (C=O) groups is 2. The number of nitrogens with zero attached hydrogens (tertiary/aromatic N) is 6. The lowest BCUT2D eigenvalue weighted by Gasteiger charge is -2.28. The van der Waals surface area contributed by atoms with Gasteiger partial charge in [-0.1, -0.05) is 11.3 Å². The van der Waals surface area contributed by atoms with Crippen LogP contribution in [0.15, 0.2) is 36.8 Å². The molecule has 4 heterocycles. The Morgan fingerprint density at radius 3 is 2.68 bits per heavy atom. The lowest BCUT2D eigenvalue weighted by atomic mass is 10.2. The third-order valence-corrected chi connectivity index (χ3v) is 6.99. The van der Waals surface area contributed by atoms with Crippen LogP contribution >= 0.6 is 11.3 Å². The van der Waals surface area contributed by atoms with Gasteiger partial charge in [-0.05, 0) is 58.7 Å². The summed E-state index contributed by atoms with van der Waals surface area (Å²) in [5.74, 6) is 1.85. The van der Waals surface area contributed by atoms with Crippen LogP contribution < -0.4 is 15.5 Å². The summed E-state index contributed by atoms with van der Waals surface area (Å²) in [4.78, 5) is 47.3. The fraction of sp³-hybridized carbons (Fsp3) is 0.462. The van der Waals surface area contributed by atoms with E-state index in [1.807, 2.05) is 31.3 Å². The second-order valence-electron chi connectivity index (χ2n) is 10.3. The maximum atomic E-state index is 12.8. The molecular weight excluding hydrogens is 504 g/mol. The molecule has 1 fully saturated rings. The first-order chi connectivity index (χ1) is 18.0. The van der Waals surface area contributed by atoms with Gasteiger partial charge in [0.1, 0.15) is 29.1 Å². The SMILES string of the molecule is Cc1nc(Nc2ncc(-c3ccncc3)s2)cc(N2CC[C@H](NC(=O)C(C)N(C)C(=O)OC(C)(C)C)C2)n1. The van der Waals surface area contributed by atoms with Gasteiger partial charge in [-0.15, -0.1) is 0 Å². The van der Waals surface area contributed by atoms with Crippen molar-refractivity contribution in [3.05, 3.63) is 42.6 Å². The van der Waals surface area contributed by atoms with Gasteiger partial charge in [-0.2, -0.15) is 0 Å². The van der Waals surface area contributed by atoms with Crippen LogP contribution in [-0.2, 0) is 9.53 Å². The molecule has 2 N–H and O–H groups in total. The highest BCUT2D eigenvalue weighted by atomic mass is 32.1. The molecule has 0 aliphatic carbocycles. The Hall–Kier alpha value is -3.80. The molecule has 4 rings (SSSR count). The van der Waals surface area contributed by atoms with Gasteiger partial charge in [0.05, 0.1) is 4.88 Å². The van der Waals surface area contributed by atoms with Gasteiger partial charge in [0.25, 0.3) is 0 Å². The van der Waals surface area contributed by atoms with Crippen LogP contribution in [-0.4, -0.2) is 74.7 Å². The molecule has 11 nitrogen and oxygen atoms in total. The smallest absolute Gasteiger partial charge is 0.410 e. The lowest BCUT2D eigenvalue weighted by Crippen LogP contribution is -2.50. The lowest BCUT2D eigenvalue weighted by molar-refractivity contribution is -0.126. The first kappa shape index (κ1) is 27.2. The van der Waals surface area contributed by atoms with Gasteiger partial charge in [-0.3, -0.25) is 14.7 Å². The molecule has 3 aromatic heterocycles. The van der Waals surface area contributed by atoms with E-state index in [0.29, 0.717) is 18.2 Å². The number of carbonyl (C=O) groups excluding carboxylic acids is 2. The normalized spacial score (nSPS) is 16.2. The minimum atomic E-state index is -0.661. The third-order valence-electron chi connectivity index (χ3n) is 6.03. The van der Waals surface area contributed by atoms with Crippen molar-refractivity contribution in [2.45, 2.75) is 58.7 Å². The molecule has 0 saturated carbocycles. The molecule has 1 unspecified atom stereocenters. The van der Waals surface area contributed by atoms with E-state index in [1.165, 1.54) is 16.2 Å². The van der Waals surface area contributed by atoms with Gasteiger partial charge in [0, 0.05) is 50.8 Å². The number of nitrogens with one attached hydrogen (secondary N) is 2. The van der Waals surface area contributed by atoms with Gasteiger partial charge in [-0.25, -0.2) is 19.7 Å². The van der Waals surface area contributed by atoms with Crippen molar-refractivity contribution in [3.63, 3.8) is 0 Å². The summed E-state index contributed by atoms with van der Waals surface area (Å²) in [7, 11) is 1.57. The molecule has 1 aliphatic heterocycles. The van der Waals surface area contributed by atoms with Crippen molar-refractivity contribution in [2.75, 3.05) is 30.4 Å². The van der Waals surface area contributed by atoms with Crippen LogP contribution in [0.25, 0.3) is 10.4 Å². The summed E-state index contributed by atoms with van der Waals surface area (Å²) < 4.78 is 5.38. The minimum Gasteiger partial charge on any atom is -0.444 e. The van der Waals surface area contributed by atoms with Crippen LogP contribution in [0.5, 0.6) is 0 Å². The molecular formula is C26H34N8O3S. The molecule has 12 heteroatoms. The largest absolute Gasteiger partial charge is 0.444 e. The highest BCUT2D eigenvalue weighted by Crippen LogP contribution is 2.31. The van der Waals surface area contributed by atoms with E-state index < -0.39 is 17.7 Å². The summed E-state index contributed by atoms with van der Waals surface area (Å²) in [6.07, 6.45) is 5.58. The van der Waals surface area contributed by atoms with Crippen LogP contribution in [0, 0.1) is 6.92 Å². The molecule has 0 aromatic carbocycles. The Balaban J connectivity index is 1.36. The summed E-state index contributed by atoms with van der Waals surface area (Å²) in [5.41, 5.74) is 0.431. The van der Waals surface area contributed by atoms with Crippen LogP contribution in [0.4, 0.5) is 21.6 Å². The second kappa shape index (κ2) is 11.3. The predicted octanol–water partition coefficient (Wildman–Crippen LogP) is 4.00. The first-order valence-corrected chi connectivity index (χ1v) is 13.3. The van der Waals surface area contributed by atoms with Gasteiger partial charge in [0.2, 0.25) is 5.91 Å². The third kappa shape index (κ3) is 6.94. The Morgan fingerprint density at radius 1 is 1.24 bits per heavy atom. The highest BCUT2D eigenvalue weighted by Gasteiger charge is 2.31. The van der Waals surface area contributed by atoms with Gasteiger partial charge >= 0.3 is 6.09 Å². The Bertz CT molecular complexity index is 1280. The average molecular weight is 539 g/mol. The van der Waals surface area contributed by atoms with Crippen LogP contribution in [0.2, 0.25) is 0 Å². The summed E-state index contributed by atoms with van der Waals surface area (Å²) in [6, 6.07) is 5.06. The van der Waals surface area contributed by atoms with Crippen LogP contribution in [0.1, 0.15) is 39.9 Å². The monoisotopic (exact) mass is 538 g/mol. The highest BCUT2D eigenvalue weighted by molar-refractivity contribution is 7.18. The van der Waals surface area contributed by atoms with Crippen molar-refractivity contribution >= 4 is 40.1 Å². The number of ether oxygens (including phenoxy) is 1. The number of pyridine rings is 1. The molecule has 2 atom stereocenters. The van der Waals surface area contributed by atoms with E-state index in [9.17, 15) is 9.59 Å². The predicted molar refractivity (Wildman–Crippen MR) is 148 cm³/mol. The van der Waals surface area contributed by atoms with Gasteiger partial charge in [0.15, 0.2) is 5.13 Å². The van der Waals surface area contributed by atoms with Gasteiger partial charge < -0.3 is 20.3 Å². The van der Waals surface area contributed by atoms with E-state index >= 15 is 0 Å². The Labute approximate surface area is 226 Å². The van der Waals surface area contributed by atoms with E-state index in [1.54, 1.807) is 47.1 Å². The standard InChI is InChI=1S/C26H34N8O3S/c1-16(33(6)25(36)37-26(3,4)5)23(35)31-19-9-12-34(15-19)22-13-21(29-17(2)30-22)32-24-28-14-20(38-24)18-7-10-27-11-8-18/h7-8,10-11,13-14,16,19H,9,12,15H2,1-6H3,(H,31,35)(H,28,29,30,32)/t16?,19-/m0/s1. The number of hydrogen-bond acceptors (Lipinski definition) is 10. The van der Waals surface area contributed by atoms with Crippen molar-refractivity contribution in [3.8, 4) is 10.4 Å². The molecule has 2 amide bonds. The molecule has 0 bridgehead atoms. The van der Waals surface area contributed by atoms with Crippen molar-refractivity contribution < 1.29 is 14.3 Å². The number of amides is 2. The van der Waals surface area contributed by atoms with E-state index in [-0.39, 0.29) is 11.9 Å². The van der Waals surface area contributed by atoms with E-state index in [2.05, 4.69) is 35.5 Å². The molecule has 3 aromatic rings. The maximum Gasteiger partial charge on any atom is 0.410 e. The summed E-state index contributed by atoms with van der Waals surface area (Å²) in [5, 5.41) is 7.09. The van der Waals surface area contributed by atoms with E-state index in [4.69, 9.17) is 4.74 Å². The second-order valence-corrected chi connectivity index (χ2v) is 11.3. The molecule has 202 valence electrons. The first-order valence-electron chi connectivity index (χ1n) is 12.5. The summed E-state index contributed by atoms with van der Waals surface area (Å²) in [6.45, 7) is 10.3. The fourth-order valence-electron chi connectivity index (χ4n) is 3.94. The van der Waals surface area contributed by atoms with Crippen molar-refractivity contribution in [2.24, 2.45) is 0 Å². The average Bonchev–Trinajstić information content (AvgIpc) is 3.52. The molecule has 0 radical (unpaired) electrons. The number of aromatic nitrogens is 4. The summed E-state index contributed by atoms with van der Waals surface area (Å²) >= 11 is 1.53. The fourth-order valence-corrected chi connectivity index (χ4v) is 4.77. The van der Waals surface area contributed by atoms with Crippen molar-refractivity contribution in [1.29, 1.82) is 0 Å². The zero-order chi connectivity index (χ0) is 27.4. The number of hydrogen-bond donors (Lipinski definition) is 2. The number of thiazole rings is 1. The quantitative estimate of drug-likeness (QED) is 0.459. The minimum absolute atomic E-state index is 0.0643. The topological polar surface area (TPSA) is 125 Å². The number of rotatable bonds is 7. The zero-order valence-electron chi connectivity index (χ0n) is 22.6. The van der Waals surface area contributed by atoms with E-state index in [0.717, 1.165) is 34.4 Å². The molecule has 38 heavy (non-hydrogen) atoms. The Kier molecular flexibility index (Phi) is 8.10. The van der Waals surface area contributed by atoms with Crippen LogP contribution in [0.3, 0.4) is 0 Å².